The van der Waals surface area contributed by atoms with Crippen molar-refractivity contribution in [2.24, 2.45) is 0 Å². The lowest BCUT2D eigenvalue weighted by Gasteiger charge is -2.42. The Morgan fingerprint density at radius 3 is 2.24 bits per heavy atom. The fourth-order valence-electron chi connectivity index (χ4n) is 4.75. The Balaban J connectivity index is 1.59. The van der Waals surface area contributed by atoms with E-state index in [9.17, 15) is 23.2 Å². The summed E-state index contributed by atoms with van der Waals surface area (Å²) >= 11 is 0. The molecule has 4 rings (SSSR count). The molecule has 2 aromatic rings. The van der Waals surface area contributed by atoms with E-state index < -0.39 is 29.7 Å². The second-order valence-electron chi connectivity index (χ2n) is 9.16. The van der Waals surface area contributed by atoms with E-state index in [4.69, 9.17) is 4.74 Å². The molecule has 0 radical (unpaired) electrons. The summed E-state index contributed by atoms with van der Waals surface area (Å²) in [6.45, 7) is 5.50. The zero-order chi connectivity index (χ0) is 26.7. The quantitative estimate of drug-likeness (QED) is 0.601. The number of carbonyl (C=O) groups excluding carboxylic acids is 3. The Bertz CT molecular complexity index is 1200. The summed E-state index contributed by atoms with van der Waals surface area (Å²) < 4.78 is 32.2. The van der Waals surface area contributed by atoms with Crippen LogP contribution in [0.4, 0.5) is 13.6 Å². The molecule has 0 saturated carbocycles. The van der Waals surface area contributed by atoms with Crippen LogP contribution in [0.5, 0.6) is 0 Å². The third kappa shape index (κ3) is 5.64. The van der Waals surface area contributed by atoms with Crippen LogP contribution in [0, 0.1) is 11.6 Å². The number of carbonyl (C=O) groups is 3. The van der Waals surface area contributed by atoms with Crippen molar-refractivity contribution in [3.63, 3.8) is 0 Å². The van der Waals surface area contributed by atoms with Gasteiger partial charge in [0.25, 0.3) is 5.91 Å². The zero-order valence-electron chi connectivity index (χ0n) is 21.0. The Kier molecular flexibility index (Phi) is 7.87. The Labute approximate surface area is 214 Å². The number of nitrogens with zero attached hydrogens (tertiary/aromatic N) is 3. The van der Waals surface area contributed by atoms with Crippen molar-refractivity contribution in [2.75, 3.05) is 39.8 Å². The van der Waals surface area contributed by atoms with Crippen molar-refractivity contribution in [1.29, 1.82) is 0 Å². The number of benzene rings is 2. The summed E-state index contributed by atoms with van der Waals surface area (Å²) in [6.07, 6.45) is 0. The first-order chi connectivity index (χ1) is 17.7. The van der Waals surface area contributed by atoms with Gasteiger partial charge in [-0.25, -0.2) is 18.4 Å². The van der Waals surface area contributed by atoms with Crippen molar-refractivity contribution < 1.29 is 27.9 Å². The standard InChI is InChI=1S/C27H30F2N4O4/c1-4-37-26(35)23-22(31(3)27(36)30-24(23)18-5-9-20(28)10-6-18)16-32-13-14-33(17(2)15-32)25(34)19-7-11-21(29)12-8-19/h5-12,17,24H,4,13-16H2,1-3H3,(H,30,36)/t17-,24+/m0/s1. The molecular weight excluding hydrogens is 482 g/mol. The Morgan fingerprint density at radius 2 is 1.65 bits per heavy atom. The number of halogens is 2. The van der Waals surface area contributed by atoms with Crippen molar-refractivity contribution in [1.82, 2.24) is 20.0 Å². The second kappa shape index (κ2) is 11.1. The van der Waals surface area contributed by atoms with Crippen LogP contribution in [0.2, 0.25) is 0 Å². The molecular formula is C27H30F2N4O4. The first kappa shape index (κ1) is 26.3. The van der Waals surface area contributed by atoms with Gasteiger partial charge in [0, 0.05) is 50.5 Å². The van der Waals surface area contributed by atoms with Crippen LogP contribution in [0.15, 0.2) is 59.8 Å². The number of hydrogen-bond acceptors (Lipinski definition) is 5. The predicted molar refractivity (Wildman–Crippen MR) is 132 cm³/mol. The summed E-state index contributed by atoms with van der Waals surface area (Å²) in [4.78, 5) is 44.2. The van der Waals surface area contributed by atoms with Gasteiger partial charge in [0.15, 0.2) is 0 Å². The molecule has 2 heterocycles. The predicted octanol–water partition coefficient (Wildman–Crippen LogP) is 3.32. The number of ether oxygens (including phenoxy) is 1. The van der Waals surface area contributed by atoms with Crippen molar-refractivity contribution in [3.8, 4) is 0 Å². The summed E-state index contributed by atoms with van der Waals surface area (Å²) in [5.74, 6) is -1.56. The molecule has 2 aromatic carbocycles. The number of nitrogens with one attached hydrogen (secondary N) is 1. The molecule has 1 saturated heterocycles. The van der Waals surface area contributed by atoms with E-state index in [1.54, 1.807) is 18.9 Å². The number of piperazine rings is 1. The van der Waals surface area contributed by atoms with Gasteiger partial charge in [-0.15, -0.1) is 0 Å². The van der Waals surface area contributed by atoms with Crippen LogP contribution in [-0.2, 0) is 9.53 Å². The van der Waals surface area contributed by atoms with Gasteiger partial charge in [0.2, 0.25) is 0 Å². The van der Waals surface area contributed by atoms with E-state index in [1.165, 1.54) is 53.4 Å². The highest BCUT2D eigenvalue weighted by Gasteiger charge is 2.38. The molecule has 2 atom stereocenters. The average Bonchev–Trinajstić information content (AvgIpc) is 2.87. The van der Waals surface area contributed by atoms with Gasteiger partial charge in [-0.3, -0.25) is 14.6 Å². The van der Waals surface area contributed by atoms with Gasteiger partial charge in [-0.1, -0.05) is 12.1 Å². The fourth-order valence-corrected chi connectivity index (χ4v) is 4.75. The van der Waals surface area contributed by atoms with Crippen LogP contribution in [0.1, 0.15) is 35.8 Å². The lowest BCUT2D eigenvalue weighted by molar-refractivity contribution is -0.139. The summed E-state index contributed by atoms with van der Waals surface area (Å²) in [6, 6.07) is 9.74. The first-order valence-corrected chi connectivity index (χ1v) is 12.2. The number of rotatable bonds is 6. The summed E-state index contributed by atoms with van der Waals surface area (Å²) in [5.41, 5.74) is 1.75. The number of urea groups is 1. The molecule has 196 valence electrons. The fraction of sp³-hybridized carbons (Fsp3) is 0.370. The monoisotopic (exact) mass is 512 g/mol. The van der Waals surface area contributed by atoms with Gasteiger partial charge in [-0.2, -0.15) is 0 Å². The van der Waals surface area contributed by atoms with Crippen LogP contribution in [-0.4, -0.2) is 78.5 Å². The molecule has 1 N–H and O–H groups in total. The van der Waals surface area contributed by atoms with Gasteiger partial charge in [0.05, 0.1) is 18.2 Å². The molecule has 8 nitrogen and oxygen atoms in total. The third-order valence-electron chi connectivity index (χ3n) is 6.71. The van der Waals surface area contributed by atoms with Crippen LogP contribution in [0.3, 0.4) is 0 Å². The molecule has 3 amide bonds. The second-order valence-corrected chi connectivity index (χ2v) is 9.16. The maximum absolute atomic E-state index is 13.6. The minimum absolute atomic E-state index is 0.157. The van der Waals surface area contributed by atoms with Gasteiger partial charge < -0.3 is 15.0 Å². The van der Waals surface area contributed by atoms with Crippen molar-refractivity contribution in [3.05, 3.63) is 82.6 Å². The minimum Gasteiger partial charge on any atom is -0.463 e. The first-order valence-electron chi connectivity index (χ1n) is 12.2. The van der Waals surface area contributed by atoms with Crippen LogP contribution >= 0.6 is 0 Å². The average molecular weight is 513 g/mol. The highest BCUT2D eigenvalue weighted by Crippen LogP contribution is 2.32. The van der Waals surface area contributed by atoms with Crippen LogP contribution in [0.25, 0.3) is 0 Å². The summed E-state index contributed by atoms with van der Waals surface area (Å²) in [7, 11) is 1.59. The number of likely N-dealkylation sites (N-methyl/N-ethyl adjacent to an activating group) is 1. The van der Waals surface area contributed by atoms with E-state index in [0.29, 0.717) is 36.5 Å². The molecule has 2 aliphatic heterocycles. The van der Waals surface area contributed by atoms with E-state index >= 15 is 0 Å². The van der Waals surface area contributed by atoms with E-state index in [-0.39, 0.29) is 30.7 Å². The van der Waals surface area contributed by atoms with E-state index in [1.807, 2.05) is 6.92 Å². The van der Waals surface area contributed by atoms with Crippen molar-refractivity contribution >= 4 is 17.9 Å². The molecule has 2 aliphatic rings. The SMILES string of the molecule is CCOC(=O)C1=C(CN2CCN(C(=O)c3ccc(F)cc3)[C@@H](C)C2)N(C)C(=O)N[C@@H]1c1ccc(F)cc1. The van der Waals surface area contributed by atoms with Gasteiger partial charge in [0.1, 0.15) is 11.6 Å². The topological polar surface area (TPSA) is 82.2 Å². The maximum Gasteiger partial charge on any atom is 0.338 e. The lowest BCUT2D eigenvalue weighted by Crippen LogP contribution is -2.56. The summed E-state index contributed by atoms with van der Waals surface area (Å²) in [5, 5.41) is 2.82. The maximum atomic E-state index is 13.6. The van der Waals surface area contributed by atoms with Crippen molar-refractivity contribution in [2.45, 2.75) is 25.9 Å². The normalized spacial score (nSPS) is 20.6. The molecule has 0 unspecified atom stereocenters. The minimum atomic E-state index is -0.794. The number of amides is 3. The van der Waals surface area contributed by atoms with Gasteiger partial charge >= 0.3 is 12.0 Å². The van der Waals surface area contributed by atoms with Crippen LogP contribution < -0.4 is 5.32 Å². The highest BCUT2D eigenvalue weighted by molar-refractivity contribution is 5.95. The zero-order valence-corrected chi connectivity index (χ0v) is 21.0. The Morgan fingerprint density at radius 1 is 1.03 bits per heavy atom. The molecule has 0 bridgehead atoms. The number of esters is 1. The molecule has 0 aliphatic carbocycles. The smallest absolute Gasteiger partial charge is 0.338 e. The van der Waals surface area contributed by atoms with E-state index in [0.717, 1.165) is 0 Å². The molecule has 10 heteroatoms. The highest BCUT2D eigenvalue weighted by atomic mass is 19.1. The molecule has 37 heavy (non-hydrogen) atoms. The third-order valence-corrected chi connectivity index (χ3v) is 6.71. The Hall–Kier alpha value is -3.79. The largest absolute Gasteiger partial charge is 0.463 e. The van der Waals surface area contributed by atoms with Gasteiger partial charge in [-0.05, 0) is 55.8 Å². The molecule has 1 fully saturated rings. The van der Waals surface area contributed by atoms with E-state index in [2.05, 4.69) is 10.2 Å². The lowest BCUT2D eigenvalue weighted by atomic mass is 9.94. The number of hydrogen-bond donors (Lipinski definition) is 1. The molecule has 0 spiro atoms. The molecule has 0 aromatic heterocycles.